The van der Waals surface area contributed by atoms with E-state index >= 15 is 0 Å². The number of carbonyl (C=O) groups is 1. The number of hydrogen-bond acceptors (Lipinski definition) is 5. The third-order valence-electron chi connectivity index (χ3n) is 2.21. The third kappa shape index (κ3) is 5.14. The Morgan fingerprint density at radius 2 is 2.26 bits per heavy atom. The minimum atomic E-state index is -0.295. The Morgan fingerprint density at radius 3 is 2.89 bits per heavy atom. The van der Waals surface area contributed by atoms with Crippen LogP contribution < -0.4 is 10.6 Å². The van der Waals surface area contributed by atoms with Gasteiger partial charge >= 0.3 is 5.97 Å². The molecule has 0 aromatic carbocycles. The number of nitrogens with one attached hydrogen (secondary N) is 2. The van der Waals surface area contributed by atoms with Gasteiger partial charge in [0.05, 0.1) is 18.2 Å². The molecular formula is C12H18N2O3S2. The van der Waals surface area contributed by atoms with Crippen LogP contribution in [0.3, 0.4) is 0 Å². The summed E-state index contributed by atoms with van der Waals surface area (Å²) in [7, 11) is 1.63. The number of hydrogen-bond donors (Lipinski definition) is 2. The van der Waals surface area contributed by atoms with Gasteiger partial charge in [0, 0.05) is 13.7 Å². The van der Waals surface area contributed by atoms with Crippen molar-refractivity contribution < 1.29 is 14.3 Å². The van der Waals surface area contributed by atoms with Crippen LogP contribution in [0.25, 0.3) is 0 Å². The molecule has 7 heteroatoms. The second kappa shape index (κ2) is 8.08. The Balaban J connectivity index is 2.58. The molecule has 5 nitrogen and oxygen atoms in total. The molecule has 0 aliphatic heterocycles. The summed E-state index contributed by atoms with van der Waals surface area (Å²) in [4.78, 5) is 12.3. The van der Waals surface area contributed by atoms with E-state index in [1.165, 1.54) is 11.3 Å². The van der Waals surface area contributed by atoms with Crippen molar-refractivity contribution in [3.05, 3.63) is 16.5 Å². The van der Waals surface area contributed by atoms with Gasteiger partial charge in [-0.3, -0.25) is 0 Å². The van der Waals surface area contributed by atoms with Gasteiger partial charge in [-0.25, -0.2) is 4.79 Å². The summed E-state index contributed by atoms with van der Waals surface area (Å²) >= 11 is 6.46. The SMILES string of the molecule is CCOC(=O)c1sc(NC(=S)NCCOC)cc1C. The summed E-state index contributed by atoms with van der Waals surface area (Å²) in [5.41, 5.74) is 0.880. The van der Waals surface area contributed by atoms with Crippen LogP contribution in [0.4, 0.5) is 5.00 Å². The molecule has 0 atom stereocenters. The van der Waals surface area contributed by atoms with Crippen molar-refractivity contribution in [2.75, 3.05) is 32.2 Å². The van der Waals surface area contributed by atoms with E-state index < -0.39 is 0 Å². The first-order valence-electron chi connectivity index (χ1n) is 5.89. The maximum Gasteiger partial charge on any atom is 0.348 e. The number of ether oxygens (including phenoxy) is 2. The maximum absolute atomic E-state index is 11.7. The van der Waals surface area contributed by atoms with Gasteiger partial charge in [-0.05, 0) is 37.7 Å². The van der Waals surface area contributed by atoms with E-state index in [0.29, 0.717) is 29.7 Å². The van der Waals surface area contributed by atoms with Gasteiger partial charge in [-0.2, -0.15) is 0 Å². The molecular weight excluding hydrogens is 284 g/mol. The average molecular weight is 302 g/mol. The zero-order valence-corrected chi connectivity index (χ0v) is 12.9. The molecule has 0 saturated heterocycles. The van der Waals surface area contributed by atoms with Gasteiger partial charge in [-0.1, -0.05) is 0 Å². The molecule has 0 aliphatic carbocycles. The number of esters is 1. The molecule has 0 saturated carbocycles. The Bertz CT molecular complexity index is 446. The Morgan fingerprint density at radius 1 is 1.53 bits per heavy atom. The summed E-state index contributed by atoms with van der Waals surface area (Å²) in [6, 6.07) is 1.88. The summed E-state index contributed by atoms with van der Waals surface area (Å²) < 4.78 is 9.90. The second-order valence-corrected chi connectivity index (χ2v) is 5.18. The number of methoxy groups -OCH3 is 1. The quantitative estimate of drug-likeness (QED) is 0.477. The lowest BCUT2D eigenvalue weighted by Crippen LogP contribution is -2.30. The van der Waals surface area contributed by atoms with Crippen LogP contribution in [-0.2, 0) is 9.47 Å². The van der Waals surface area contributed by atoms with Gasteiger partial charge in [0.25, 0.3) is 0 Å². The Labute approximate surface area is 122 Å². The fourth-order valence-corrected chi connectivity index (χ4v) is 2.61. The van der Waals surface area contributed by atoms with Crippen molar-refractivity contribution in [3.8, 4) is 0 Å². The highest BCUT2D eigenvalue weighted by Crippen LogP contribution is 2.27. The monoisotopic (exact) mass is 302 g/mol. The highest BCUT2D eigenvalue weighted by atomic mass is 32.1. The smallest absolute Gasteiger partial charge is 0.348 e. The minimum Gasteiger partial charge on any atom is -0.462 e. The fourth-order valence-electron chi connectivity index (χ4n) is 1.37. The number of carbonyl (C=O) groups excluding carboxylic acids is 1. The Kier molecular flexibility index (Phi) is 6.75. The maximum atomic E-state index is 11.7. The normalized spacial score (nSPS) is 10.1. The van der Waals surface area contributed by atoms with E-state index in [2.05, 4.69) is 10.6 Å². The molecule has 0 aliphatic rings. The van der Waals surface area contributed by atoms with Crippen molar-refractivity contribution >= 4 is 39.6 Å². The van der Waals surface area contributed by atoms with E-state index in [9.17, 15) is 4.79 Å². The molecule has 0 radical (unpaired) electrons. The highest BCUT2D eigenvalue weighted by Gasteiger charge is 2.14. The molecule has 0 unspecified atom stereocenters. The molecule has 1 heterocycles. The summed E-state index contributed by atoms with van der Waals surface area (Å²) in [6.45, 7) is 5.25. The molecule has 0 spiro atoms. The van der Waals surface area contributed by atoms with Crippen LogP contribution in [0.1, 0.15) is 22.2 Å². The molecule has 2 N–H and O–H groups in total. The lowest BCUT2D eigenvalue weighted by atomic mass is 10.3. The number of thiocarbonyl (C=S) groups is 1. The molecule has 1 rings (SSSR count). The van der Waals surface area contributed by atoms with Crippen molar-refractivity contribution in [2.24, 2.45) is 0 Å². The van der Waals surface area contributed by atoms with E-state index in [4.69, 9.17) is 21.7 Å². The van der Waals surface area contributed by atoms with Gasteiger partial charge in [0.15, 0.2) is 5.11 Å². The number of rotatable bonds is 6. The highest BCUT2D eigenvalue weighted by molar-refractivity contribution is 7.80. The molecule has 1 aromatic heterocycles. The van der Waals surface area contributed by atoms with Crippen LogP contribution in [0.15, 0.2) is 6.07 Å². The van der Waals surface area contributed by atoms with Gasteiger partial charge in [-0.15, -0.1) is 11.3 Å². The minimum absolute atomic E-state index is 0.295. The molecule has 0 bridgehead atoms. The topological polar surface area (TPSA) is 59.6 Å². The summed E-state index contributed by atoms with van der Waals surface area (Å²) in [6.07, 6.45) is 0. The average Bonchev–Trinajstić information content (AvgIpc) is 2.71. The first kappa shape index (κ1) is 15.9. The molecule has 0 amide bonds. The number of anilines is 1. The van der Waals surface area contributed by atoms with Crippen molar-refractivity contribution in [1.29, 1.82) is 0 Å². The van der Waals surface area contributed by atoms with Crippen LogP contribution in [-0.4, -0.2) is 38.0 Å². The standard InChI is InChI=1S/C12H18N2O3S2/c1-4-17-11(15)10-8(2)7-9(19-10)14-12(18)13-5-6-16-3/h7H,4-6H2,1-3H3,(H2,13,14,18). The van der Waals surface area contributed by atoms with E-state index in [1.54, 1.807) is 14.0 Å². The van der Waals surface area contributed by atoms with Gasteiger partial charge in [0.1, 0.15) is 4.88 Å². The van der Waals surface area contributed by atoms with E-state index in [1.807, 2.05) is 13.0 Å². The van der Waals surface area contributed by atoms with Crippen LogP contribution in [0.2, 0.25) is 0 Å². The number of thiophene rings is 1. The van der Waals surface area contributed by atoms with Crippen LogP contribution in [0, 0.1) is 6.92 Å². The zero-order valence-electron chi connectivity index (χ0n) is 11.2. The Hall–Kier alpha value is -1.18. The fraction of sp³-hybridized carbons (Fsp3) is 0.500. The summed E-state index contributed by atoms with van der Waals surface area (Å²) in [5, 5.41) is 7.36. The van der Waals surface area contributed by atoms with E-state index in [-0.39, 0.29) is 5.97 Å². The van der Waals surface area contributed by atoms with Crippen molar-refractivity contribution in [3.63, 3.8) is 0 Å². The van der Waals surface area contributed by atoms with Crippen LogP contribution in [0.5, 0.6) is 0 Å². The summed E-state index contributed by atoms with van der Waals surface area (Å²) in [5.74, 6) is -0.295. The number of aryl methyl sites for hydroxylation is 1. The van der Waals surface area contributed by atoms with Crippen LogP contribution >= 0.6 is 23.6 Å². The zero-order chi connectivity index (χ0) is 14.3. The second-order valence-electron chi connectivity index (χ2n) is 3.72. The molecule has 0 fully saturated rings. The predicted molar refractivity (Wildman–Crippen MR) is 81.1 cm³/mol. The van der Waals surface area contributed by atoms with Gasteiger partial charge < -0.3 is 20.1 Å². The molecule has 19 heavy (non-hydrogen) atoms. The lowest BCUT2D eigenvalue weighted by Gasteiger charge is -2.07. The molecule has 106 valence electrons. The first-order chi connectivity index (χ1) is 9.08. The third-order valence-corrected chi connectivity index (χ3v) is 3.59. The van der Waals surface area contributed by atoms with Crippen molar-refractivity contribution in [1.82, 2.24) is 5.32 Å². The predicted octanol–water partition coefficient (Wildman–Crippen LogP) is 2.17. The van der Waals surface area contributed by atoms with Crippen molar-refractivity contribution in [2.45, 2.75) is 13.8 Å². The lowest BCUT2D eigenvalue weighted by molar-refractivity contribution is 0.0531. The van der Waals surface area contributed by atoms with Gasteiger partial charge in [0.2, 0.25) is 0 Å². The largest absolute Gasteiger partial charge is 0.462 e. The molecule has 1 aromatic rings. The van der Waals surface area contributed by atoms with E-state index in [0.717, 1.165) is 10.6 Å². The first-order valence-corrected chi connectivity index (χ1v) is 7.12.